The highest BCUT2D eigenvalue weighted by Crippen LogP contribution is 2.13. The molecule has 1 fully saturated rings. The number of carbonyl (C=O) groups excluding carboxylic acids is 1. The Labute approximate surface area is 58.4 Å². The Kier molecular flexibility index (Phi) is 2.37. The molecule has 0 aromatic carbocycles. The van der Waals surface area contributed by atoms with Crippen molar-refractivity contribution in [1.29, 1.82) is 0 Å². The lowest BCUT2D eigenvalue weighted by molar-refractivity contribution is -0.152. The maximum absolute atomic E-state index is 10.8. The van der Waals surface area contributed by atoms with Gasteiger partial charge in [-0.25, -0.2) is 0 Å². The highest BCUT2D eigenvalue weighted by molar-refractivity contribution is 5.87. The first-order valence-corrected chi connectivity index (χ1v) is 3.20. The van der Waals surface area contributed by atoms with E-state index in [-0.39, 0.29) is 0 Å². The summed E-state index contributed by atoms with van der Waals surface area (Å²) in [6.45, 7) is 0.0627. The molecule has 0 spiro atoms. The number of aliphatic hydroxyl groups is 2. The molecule has 2 unspecified atom stereocenters. The molecule has 1 aliphatic rings. The molecule has 2 N–H and O–H groups in total. The molecule has 4 heteroatoms. The van der Waals surface area contributed by atoms with Gasteiger partial charge in [-0.3, -0.25) is 4.79 Å². The molecule has 1 aliphatic heterocycles. The molecule has 10 heavy (non-hydrogen) atoms. The van der Waals surface area contributed by atoms with Crippen LogP contribution in [0.2, 0.25) is 0 Å². The number of rotatable bonds is 3. The second kappa shape index (κ2) is 3.09. The lowest BCUT2D eigenvalue weighted by Gasteiger charge is -2.26. The van der Waals surface area contributed by atoms with E-state index in [2.05, 4.69) is 0 Å². The van der Waals surface area contributed by atoms with Crippen molar-refractivity contribution in [1.82, 2.24) is 0 Å². The van der Waals surface area contributed by atoms with E-state index >= 15 is 0 Å². The van der Waals surface area contributed by atoms with Gasteiger partial charge >= 0.3 is 0 Å². The van der Waals surface area contributed by atoms with E-state index in [1.807, 2.05) is 0 Å². The van der Waals surface area contributed by atoms with Crippen LogP contribution in [0.4, 0.5) is 0 Å². The van der Waals surface area contributed by atoms with Crippen LogP contribution in [0.5, 0.6) is 0 Å². The smallest absolute Gasteiger partial charge is 0.192 e. The normalized spacial score (nSPS) is 27.2. The zero-order valence-corrected chi connectivity index (χ0v) is 5.49. The van der Waals surface area contributed by atoms with Crippen molar-refractivity contribution in [2.24, 2.45) is 0 Å². The molecule has 0 aliphatic carbocycles. The summed E-state index contributed by atoms with van der Waals surface area (Å²) in [7, 11) is 0. The predicted molar refractivity (Wildman–Crippen MR) is 32.5 cm³/mol. The van der Waals surface area contributed by atoms with Gasteiger partial charge in [0.15, 0.2) is 5.78 Å². The van der Waals surface area contributed by atoms with E-state index in [9.17, 15) is 4.79 Å². The summed E-state index contributed by atoms with van der Waals surface area (Å²) in [6.07, 6.45) is -1.07. The largest absolute Gasteiger partial charge is 0.393 e. The number of hydrogen-bond acceptors (Lipinski definition) is 4. The van der Waals surface area contributed by atoms with Crippen LogP contribution in [-0.4, -0.2) is 41.4 Å². The van der Waals surface area contributed by atoms with Crippen LogP contribution in [0, 0.1) is 0 Å². The summed E-state index contributed by atoms with van der Waals surface area (Å²) in [4.78, 5) is 10.8. The Morgan fingerprint density at radius 3 is 2.70 bits per heavy atom. The highest BCUT2D eigenvalue weighted by Gasteiger charge is 2.30. The number of hydrogen-bond donors (Lipinski definition) is 2. The van der Waals surface area contributed by atoms with Crippen molar-refractivity contribution in [3.05, 3.63) is 0 Å². The standard InChI is InChI=1S/C6H10O4/c7-3-4(8)6(9)5-1-2-10-5/h4-5,7-8H,1-3H2. The molecule has 0 bridgehead atoms. The maximum atomic E-state index is 10.8. The summed E-state index contributed by atoms with van der Waals surface area (Å²) in [6, 6.07) is 0. The van der Waals surface area contributed by atoms with Crippen LogP contribution < -0.4 is 0 Å². The minimum atomic E-state index is -1.26. The van der Waals surface area contributed by atoms with Crippen molar-refractivity contribution < 1.29 is 19.7 Å². The van der Waals surface area contributed by atoms with Gasteiger partial charge in [-0.1, -0.05) is 0 Å². The predicted octanol–water partition coefficient (Wildman–Crippen LogP) is -1.30. The summed E-state index contributed by atoms with van der Waals surface area (Å²) in [5.74, 6) is -0.409. The summed E-state index contributed by atoms with van der Waals surface area (Å²) in [5, 5.41) is 17.1. The quantitative estimate of drug-likeness (QED) is 0.519. The topological polar surface area (TPSA) is 66.8 Å². The van der Waals surface area contributed by atoms with Gasteiger partial charge in [0, 0.05) is 6.42 Å². The van der Waals surface area contributed by atoms with E-state index in [0.29, 0.717) is 13.0 Å². The number of carbonyl (C=O) groups is 1. The molecule has 1 heterocycles. The minimum Gasteiger partial charge on any atom is -0.393 e. The number of ether oxygens (including phenoxy) is 1. The van der Waals surface area contributed by atoms with Gasteiger partial charge in [0.1, 0.15) is 12.2 Å². The van der Waals surface area contributed by atoms with Crippen LogP contribution in [0.3, 0.4) is 0 Å². The lowest BCUT2D eigenvalue weighted by Crippen LogP contribution is -2.42. The Morgan fingerprint density at radius 2 is 2.40 bits per heavy atom. The van der Waals surface area contributed by atoms with Crippen molar-refractivity contribution in [2.45, 2.75) is 18.6 Å². The Bertz CT molecular complexity index is 123. The third-order valence-corrected chi connectivity index (χ3v) is 1.52. The Hall–Kier alpha value is -0.450. The molecule has 1 saturated heterocycles. The fourth-order valence-electron chi connectivity index (χ4n) is 0.765. The summed E-state index contributed by atoms with van der Waals surface area (Å²) >= 11 is 0. The van der Waals surface area contributed by atoms with Crippen LogP contribution >= 0.6 is 0 Å². The fraction of sp³-hybridized carbons (Fsp3) is 0.833. The molecule has 0 amide bonds. The number of aliphatic hydroxyl groups excluding tert-OH is 2. The lowest BCUT2D eigenvalue weighted by atomic mass is 10.0. The van der Waals surface area contributed by atoms with Gasteiger partial charge in [-0.15, -0.1) is 0 Å². The van der Waals surface area contributed by atoms with Gasteiger partial charge in [0.05, 0.1) is 13.2 Å². The molecule has 4 nitrogen and oxygen atoms in total. The fourth-order valence-corrected chi connectivity index (χ4v) is 0.765. The van der Waals surface area contributed by atoms with Gasteiger partial charge in [-0.05, 0) is 0 Å². The molecular formula is C6H10O4. The number of ketones is 1. The average molecular weight is 146 g/mol. The third-order valence-electron chi connectivity index (χ3n) is 1.52. The van der Waals surface area contributed by atoms with Crippen molar-refractivity contribution in [2.75, 3.05) is 13.2 Å². The monoisotopic (exact) mass is 146 g/mol. The van der Waals surface area contributed by atoms with Crippen molar-refractivity contribution in [3.63, 3.8) is 0 Å². The van der Waals surface area contributed by atoms with Crippen LogP contribution in [-0.2, 0) is 9.53 Å². The van der Waals surface area contributed by atoms with Crippen LogP contribution in [0.1, 0.15) is 6.42 Å². The molecule has 0 radical (unpaired) electrons. The average Bonchev–Trinajstić information content (AvgIpc) is 1.82. The maximum Gasteiger partial charge on any atom is 0.192 e. The van der Waals surface area contributed by atoms with E-state index in [1.54, 1.807) is 0 Å². The molecule has 0 aromatic heterocycles. The first-order valence-electron chi connectivity index (χ1n) is 3.20. The molecule has 0 saturated carbocycles. The van der Waals surface area contributed by atoms with Gasteiger partial charge < -0.3 is 14.9 Å². The second-order valence-corrected chi connectivity index (χ2v) is 2.25. The van der Waals surface area contributed by atoms with E-state index in [1.165, 1.54) is 0 Å². The third kappa shape index (κ3) is 1.34. The molecular weight excluding hydrogens is 136 g/mol. The molecule has 2 atom stereocenters. The Morgan fingerprint density at radius 1 is 1.80 bits per heavy atom. The summed E-state index contributed by atoms with van der Waals surface area (Å²) < 4.78 is 4.79. The molecule has 58 valence electrons. The highest BCUT2D eigenvalue weighted by atomic mass is 16.5. The first-order chi connectivity index (χ1) is 4.75. The molecule has 0 aromatic rings. The van der Waals surface area contributed by atoms with Crippen LogP contribution in [0.15, 0.2) is 0 Å². The zero-order valence-electron chi connectivity index (χ0n) is 5.49. The summed E-state index contributed by atoms with van der Waals surface area (Å²) in [5.41, 5.74) is 0. The second-order valence-electron chi connectivity index (χ2n) is 2.25. The SMILES string of the molecule is O=C(C(O)CO)C1CCO1. The van der Waals surface area contributed by atoms with E-state index in [0.717, 1.165) is 0 Å². The van der Waals surface area contributed by atoms with Gasteiger partial charge in [0.25, 0.3) is 0 Å². The van der Waals surface area contributed by atoms with Gasteiger partial charge in [0.2, 0.25) is 0 Å². The zero-order chi connectivity index (χ0) is 7.56. The van der Waals surface area contributed by atoms with Crippen LogP contribution in [0.25, 0.3) is 0 Å². The van der Waals surface area contributed by atoms with Gasteiger partial charge in [-0.2, -0.15) is 0 Å². The van der Waals surface area contributed by atoms with Crippen molar-refractivity contribution >= 4 is 5.78 Å². The Balaban J connectivity index is 2.32. The molecule has 1 rings (SSSR count). The minimum absolute atomic E-state index is 0.409. The van der Waals surface area contributed by atoms with E-state index in [4.69, 9.17) is 14.9 Å². The first kappa shape index (κ1) is 7.65. The van der Waals surface area contributed by atoms with E-state index < -0.39 is 24.6 Å². The number of Topliss-reactive ketones (excluding diaryl/α,β-unsaturated/α-hetero) is 1. The van der Waals surface area contributed by atoms with Crippen molar-refractivity contribution in [3.8, 4) is 0 Å².